The lowest BCUT2D eigenvalue weighted by atomic mass is 10.2. The highest BCUT2D eigenvalue weighted by Gasteiger charge is 2.34. The van der Waals surface area contributed by atoms with Crippen molar-refractivity contribution in [1.82, 2.24) is 19.4 Å². The summed E-state index contributed by atoms with van der Waals surface area (Å²) in [5.74, 6) is -1.50. The van der Waals surface area contributed by atoms with Gasteiger partial charge in [0.05, 0.1) is 17.2 Å². The van der Waals surface area contributed by atoms with Gasteiger partial charge < -0.3 is 9.80 Å². The van der Waals surface area contributed by atoms with Crippen LogP contribution in [0.4, 0.5) is 13.2 Å². The number of hydrogen-bond donors (Lipinski definition) is 0. The monoisotopic (exact) mass is 384 g/mol. The summed E-state index contributed by atoms with van der Waals surface area (Å²) in [5, 5.41) is 0.349. The molecule has 7 nitrogen and oxygen atoms in total. The fraction of sp³-hybridized carbons (Fsp3) is 0.412. The van der Waals surface area contributed by atoms with Crippen LogP contribution in [0.5, 0.6) is 0 Å². The van der Waals surface area contributed by atoms with Crippen molar-refractivity contribution in [2.24, 2.45) is 0 Å². The molecule has 0 aliphatic rings. The lowest BCUT2D eigenvalue weighted by molar-refractivity contribution is -0.164. The Balaban J connectivity index is 2.14. The fourth-order valence-corrected chi connectivity index (χ4v) is 2.39. The Bertz CT molecular complexity index is 893. The molecule has 2 amide bonds. The smallest absolute Gasteiger partial charge is 0.347 e. The van der Waals surface area contributed by atoms with E-state index in [1.807, 2.05) is 0 Å². The van der Waals surface area contributed by atoms with Crippen molar-refractivity contribution in [3.05, 3.63) is 40.9 Å². The van der Waals surface area contributed by atoms with Gasteiger partial charge in [-0.25, -0.2) is 4.98 Å². The maximum Gasteiger partial charge on any atom is 0.406 e. The topological polar surface area (TPSA) is 75.5 Å². The molecule has 0 saturated heterocycles. The third-order valence-corrected chi connectivity index (χ3v) is 3.85. The van der Waals surface area contributed by atoms with Gasteiger partial charge in [0.2, 0.25) is 11.8 Å². The summed E-state index contributed by atoms with van der Waals surface area (Å²) in [6, 6.07) is 6.62. The summed E-state index contributed by atoms with van der Waals surface area (Å²) in [7, 11) is 2.78. The fourth-order valence-electron chi connectivity index (χ4n) is 2.39. The molecule has 0 unspecified atom stereocenters. The van der Waals surface area contributed by atoms with Crippen molar-refractivity contribution in [2.45, 2.75) is 19.1 Å². The Hall–Kier alpha value is -2.91. The Morgan fingerprint density at radius 1 is 1.15 bits per heavy atom. The molecular weight excluding hydrogens is 365 g/mol. The van der Waals surface area contributed by atoms with Crippen LogP contribution in [0, 0.1) is 0 Å². The summed E-state index contributed by atoms with van der Waals surface area (Å²) < 4.78 is 39.4. The predicted molar refractivity (Wildman–Crippen MR) is 91.9 cm³/mol. The third-order valence-electron chi connectivity index (χ3n) is 3.85. The number of rotatable bonds is 6. The average molecular weight is 384 g/mol. The molecule has 0 saturated carbocycles. The summed E-state index contributed by atoms with van der Waals surface area (Å²) in [6.45, 7) is -2.35. The van der Waals surface area contributed by atoms with Gasteiger partial charge in [0.25, 0.3) is 5.56 Å². The molecule has 0 bridgehead atoms. The first kappa shape index (κ1) is 20.4. The van der Waals surface area contributed by atoms with Crippen LogP contribution in [-0.2, 0) is 16.1 Å². The SMILES string of the molecule is CN(C)C(=O)CN(CC(F)(F)F)C(=O)CCn1cnc2ccccc2c1=O. The van der Waals surface area contributed by atoms with E-state index in [1.165, 1.54) is 25.0 Å². The number of halogens is 3. The van der Waals surface area contributed by atoms with E-state index in [1.54, 1.807) is 24.3 Å². The number of fused-ring (bicyclic) bond motifs is 1. The summed E-state index contributed by atoms with van der Waals surface area (Å²) in [4.78, 5) is 42.0. The van der Waals surface area contributed by atoms with Crippen LogP contribution in [0.25, 0.3) is 10.9 Å². The third kappa shape index (κ3) is 5.53. The molecular formula is C17H19F3N4O3. The van der Waals surface area contributed by atoms with Crippen LogP contribution in [0.15, 0.2) is 35.4 Å². The molecule has 10 heteroatoms. The number of hydrogen-bond acceptors (Lipinski definition) is 4. The van der Waals surface area contributed by atoms with Gasteiger partial charge in [0, 0.05) is 27.1 Å². The van der Waals surface area contributed by atoms with Crippen LogP contribution in [-0.4, -0.2) is 64.5 Å². The molecule has 27 heavy (non-hydrogen) atoms. The number of aromatic nitrogens is 2. The van der Waals surface area contributed by atoms with Gasteiger partial charge in [-0.1, -0.05) is 12.1 Å². The number of alkyl halides is 3. The van der Waals surface area contributed by atoms with E-state index in [2.05, 4.69) is 4.98 Å². The van der Waals surface area contributed by atoms with Crippen LogP contribution >= 0.6 is 0 Å². The Morgan fingerprint density at radius 2 is 1.81 bits per heavy atom. The van der Waals surface area contributed by atoms with Crippen LogP contribution in [0.2, 0.25) is 0 Å². The van der Waals surface area contributed by atoms with Gasteiger partial charge in [-0.2, -0.15) is 13.2 Å². The van der Waals surface area contributed by atoms with Crippen molar-refractivity contribution in [3.8, 4) is 0 Å². The van der Waals surface area contributed by atoms with E-state index in [-0.39, 0.29) is 18.5 Å². The molecule has 0 fully saturated rings. The van der Waals surface area contributed by atoms with E-state index < -0.39 is 31.1 Å². The number of carbonyl (C=O) groups excluding carboxylic acids is 2. The number of para-hydroxylation sites is 1. The molecule has 1 heterocycles. The normalized spacial score (nSPS) is 11.4. The van der Waals surface area contributed by atoms with Crippen molar-refractivity contribution in [3.63, 3.8) is 0 Å². The van der Waals surface area contributed by atoms with E-state index in [9.17, 15) is 27.6 Å². The maximum atomic E-state index is 12.7. The van der Waals surface area contributed by atoms with Crippen molar-refractivity contribution in [2.75, 3.05) is 27.2 Å². The molecule has 0 aliphatic carbocycles. The molecule has 1 aromatic heterocycles. The molecule has 0 spiro atoms. The molecule has 146 valence electrons. The zero-order valence-electron chi connectivity index (χ0n) is 14.9. The second-order valence-electron chi connectivity index (χ2n) is 6.16. The highest BCUT2D eigenvalue weighted by Crippen LogP contribution is 2.17. The van der Waals surface area contributed by atoms with E-state index >= 15 is 0 Å². The van der Waals surface area contributed by atoms with Crippen LogP contribution < -0.4 is 5.56 Å². The Morgan fingerprint density at radius 3 is 2.44 bits per heavy atom. The minimum atomic E-state index is -4.64. The number of aryl methyl sites for hydroxylation is 1. The lowest BCUT2D eigenvalue weighted by Crippen LogP contribution is -2.45. The van der Waals surface area contributed by atoms with Crippen molar-refractivity contribution in [1.29, 1.82) is 0 Å². The number of likely N-dealkylation sites (N-methyl/N-ethyl adjacent to an activating group) is 1. The molecule has 0 aliphatic heterocycles. The first-order valence-electron chi connectivity index (χ1n) is 8.07. The van der Waals surface area contributed by atoms with Crippen molar-refractivity contribution < 1.29 is 22.8 Å². The summed E-state index contributed by atoms with van der Waals surface area (Å²) in [5.41, 5.74) is 0.0977. The van der Waals surface area contributed by atoms with Gasteiger partial charge in [0.15, 0.2) is 0 Å². The average Bonchev–Trinajstić information content (AvgIpc) is 2.59. The van der Waals surface area contributed by atoms with Gasteiger partial charge in [-0.3, -0.25) is 19.0 Å². The Kier molecular flexibility index (Phi) is 6.19. The van der Waals surface area contributed by atoms with E-state index in [0.29, 0.717) is 15.8 Å². The molecule has 0 atom stereocenters. The Labute approximate surface area is 153 Å². The van der Waals surface area contributed by atoms with Crippen LogP contribution in [0.1, 0.15) is 6.42 Å². The van der Waals surface area contributed by atoms with Gasteiger partial charge in [-0.05, 0) is 12.1 Å². The van der Waals surface area contributed by atoms with Crippen LogP contribution in [0.3, 0.4) is 0 Å². The first-order chi connectivity index (χ1) is 12.6. The number of carbonyl (C=O) groups is 2. The molecule has 2 rings (SSSR count). The highest BCUT2D eigenvalue weighted by molar-refractivity contribution is 5.84. The second-order valence-corrected chi connectivity index (χ2v) is 6.16. The molecule has 2 aromatic rings. The molecule has 1 aromatic carbocycles. The highest BCUT2D eigenvalue weighted by atomic mass is 19.4. The standard InChI is InChI=1S/C17H19F3N4O3/c1-22(2)15(26)9-24(10-17(18,19)20)14(25)7-8-23-11-21-13-6-4-3-5-12(13)16(23)27/h3-6,11H,7-10H2,1-2H3. The van der Waals surface area contributed by atoms with Gasteiger partial charge >= 0.3 is 6.18 Å². The summed E-state index contributed by atoms with van der Waals surface area (Å²) >= 11 is 0. The number of benzene rings is 1. The molecule has 0 radical (unpaired) electrons. The number of nitrogens with zero attached hydrogens (tertiary/aromatic N) is 4. The zero-order chi connectivity index (χ0) is 20.2. The minimum absolute atomic E-state index is 0.139. The van der Waals surface area contributed by atoms with E-state index in [0.717, 1.165) is 4.90 Å². The predicted octanol–water partition coefficient (Wildman–Crippen LogP) is 1.27. The van der Waals surface area contributed by atoms with E-state index in [4.69, 9.17) is 0 Å². The van der Waals surface area contributed by atoms with Crippen molar-refractivity contribution >= 4 is 22.7 Å². The zero-order valence-corrected chi connectivity index (χ0v) is 14.9. The van der Waals surface area contributed by atoms with Gasteiger partial charge in [-0.15, -0.1) is 0 Å². The first-order valence-corrected chi connectivity index (χ1v) is 8.07. The quantitative estimate of drug-likeness (QED) is 0.752. The second kappa shape index (κ2) is 8.19. The summed E-state index contributed by atoms with van der Waals surface area (Å²) in [6.07, 6.45) is -3.75. The lowest BCUT2D eigenvalue weighted by Gasteiger charge is -2.25. The minimum Gasteiger partial charge on any atom is -0.347 e. The molecule has 0 N–H and O–H groups in total. The number of amides is 2. The maximum absolute atomic E-state index is 12.7. The largest absolute Gasteiger partial charge is 0.406 e. The van der Waals surface area contributed by atoms with Gasteiger partial charge in [0.1, 0.15) is 13.1 Å².